The van der Waals surface area contributed by atoms with Gasteiger partial charge in [-0.2, -0.15) is 0 Å². The molecule has 0 amide bonds. The van der Waals surface area contributed by atoms with Gasteiger partial charge in [-0.05, 0) is 25.5 Å². The number of carbonyl (C=O) groups is 1. The molecule has 0 aliphatic heterocycles. The fraction of sp³-hybridized carbons (Fsp3) is 0.250. The molecule has 0 aromatic carbocycles. The van der Waals surface area contributed by atoms with Gasteiger partial charge in [-0.3, -0.25) is 4.98 Å². The number of esters is 1. The van der Waals surface area contributed by atoms with Crippen LogP contribution in [-0.2, 0) is 4.74 Å². The molecule has 0 unspecified atom stereocenters. The highest BCUT2D eigenvalue weighted by molar-refractivity contribution is 6.33. The molecule has 17 heavy (non-hydrogen) atoms. The molecule has 0 radical (unpaired) electrons. The summed E-state index contributed by atoms with van der Waals surface area (Å²) in [6.07, 6.45) is 3.27. The average molecular weight is 251 g/mol. The van der Waals surface area contributed by atoms with Crippen LogP contribution in [0.2, 0.25) is 5.15 Å². The number of halogens is 1. The SMILES string of the molecule is CCOC(=O)c1c(Cl)nc2cnccc2c1C. The standard InChI is InChI=1S/C12H11ClN2O2/c1-3-17-12(16)10-7(2)8-4-5-14-6-9(8)15-11(10)13/h4-6H,3H2,1-2H3. The van der Waals surface area contributed by atoms with Crippen molar-refractivity contribution >= 4 is 28.5 Å². The lowest BCUT2D eigenvalue weighted by Crippen LogP contribution is -2.09. The molecular formula is C12H11ClN2O2. The van der Waals surface area contributed by atoms with Gasteiger partial charge in [0.15, 0.2) is 0 Å². The topological polar surface area (TPSA) is 52.1 Å². The summed E-state index contributed by atoms with van der Waals surface area (Å²) in [5.74, 6) is -0.443. The highest BCUT2D eigenvalue weighted by atomic mass is 35.5. The molecule has 0 spiro atoms. The van der Waals surface area contributed by atoms with Gasteiger partial charge in [0.25, 0.3) is 0 Å². The molecule has 4 nitrogen and oxygen atoms in total. The van der Waals surface area contributed by atoms with E-state index in [4.69, 9.17) is 16.3 Å². The van der Waals surface area contributed by atoms with Gasteiger partial charge >= 0.3 is 5.97 Å². The predicted molar refractivity (Wildman–Crippen MR) is 65.2 cm³/mol. The van der Waals surface area contributed by atoms with Crippen molar-refractivity contribution in [1.29, 1.82) is 0 Å². The molecule has 2 aromatic rings. The van der Waals surface area contributed by atoms with E-state index in [1.807, 2.05) is 6.92 Å². The molecular weight excluding hydrogens is 240 g/mol. The second kappa shape index (κ2) is 4.67. The Balaban J connectivity index is 2.67. The first-order valence-corrected chi connectivity index (χ1v) is 5.60. The van der Waals surface area contributed by atoms with Gasteiger partial charge in [0.05, 0.1) is 18.3 Å². The van der Waals surface area contributed by atoms with Crippen LogP contribution >= 0.6 is 11.6 Å². The van der Waals surface area contributed by atoms with Crippen LogP contribution < -0.4 is 0 Å². The highest BCUT2D eigenvalue weighted by Crippen LogP contribution is 2.25. The molecule has 0 aliphatic rings. The molecule has 0 fully saturated rings. The molecule has 0 aliphatic carbocycles. The summed E-state index contributed by atoms with van der Waals surface area (Å²) in [6, 6.07) is 1.80. The minimum atomic E-state index is -0.443. The number of rotatable bonds is 2. The quantitative estimate of drug-likeness (QED) is 0.608. The van der Waals surface area contributed by atoms with E-state index in [2.05, 4.69) is 9.97 Å². The number of carbonyl (C=O) groups excluding carboxylic acids is 1. The van der Waals surface area contributed by atoms with Crippen molar-refractivity contribution < 1.29 is 9.53 Å². The molecule has 0 atom stereocenters. The van der Waals surface area contributed by atoms with Crippen molar-refractivity contribution in [2.24, 2.45) is 0 Å². The van der Waals surface area contributed by atoms with Crippen molar-refractivity contribution in [3.05, 3.63) is 34.7 Å². The normalized spacial score (nSPS) is 10.5. The number of aromatic nitrogens is 2. The molecule has 2 rings (SSSR count). The summed E-state index contributed by atoms with van der Waals surface area (Å²) < 4.78 is 4.96. The molecule has 0 N–H and O–H groups in total. The Morgan fingerprint density at radius 1 is 1.53 bits per heavy atom. The Labute approximate surface area is 104 Å². The number of ether oxygens (including phenoxy) is 1. The Morgan fingerprint density at radius 3 is 3.00 bits per heavy atom. The van der Waals surface area contributed by atoms with Gasteiger partial charge in [-0.15, -0.1) is 0 Å². The number of fused-ring (bicyclic) bond motifs is 1. The lowest BCUT2D eigenvalue weighted by molar-refractivity contribution is 0.0525. The number of pyridine rings is 2. The van der Waals surface area contributed by atoms with Gasteiger partial charge in [0.2, 0.25) is 0 Å². The first-order valence-electron chi connectivity index (χ1n) is 5.22. The lowest BCUT2D eigenvalue weighted by atomic mass is 10.1. The maximum Gasteiger partial charge on any atom is 0.341 e. The number of nitrogens with zero attached hydrogens (tertiary/aromatic N) is 2. The maximum absolute atomic E-state index is 11.8. The zero-order valence-corrected chi connectivity index (χ0v) is 10.3. The van der Waals surface area contributed by atoms with Gasteiger partial charge in [-0.1, -0.05) is 11.6 Å². The van der Waals surface area contributed by atoms with E-state index in [1.165, 1.54) is 0 Å². The van der Waals surface area contributed by atoms with Crippen molar-refractivity contribution in [3.8, 4) is 0 Å². The van der Waals surface area contributed by atoms with E-state index in [0.717, 1.165) is 10.9 Å². The fourth-order valence-electron chi connectivity index (χ4n) is 1.68. The summed E-state index contributed by atoms with van der Waals surface area (Å²) in [4.78, 5) is 19.9. The van der Waals surface area contributed by atoms with Crippen LogP contribution in [-0.4, -0.2) is 22.5 Å². The Morgan fingerprint density at radius 2 is 2.29 bits per heavy atom. The minimum absolute atomic E-state index is 0.154. The van der Waals surface area contributed by atoms with Crippen molar-refractivity contribution in [1.82, 2.24) is 9.97 Å². The number of hydrogen-bond acceptors (Lipinski definition) is 4. The second-order valence-electron chi connectivity index (χ2n) is 3.52. The van der Waals surface area contributed by atoms with Crippen molar-refractivity contribution in [2.45, 2.75) is 13.8 Å². The van der Waals surface area contributed by atoms with Gasteiger partial charge in [-0.25, -0.2) is 9.78 Å². The van der Waals surface area contributed by atoms with Crippen LogP contribution in [0.5, 0.6) is 0 Å². The average Bonchev–Trinajstić information content (AvgIpc) is 2.29. The van der Waals surface area contributed by atoms with Gasteiger partial charge in [0.1, 0.15) is 10.7 Å². The smallest absolute Gasteiger partial charge is 0.341 e. The molecule has 2 heterocycles. The lowest BCUT2D eigenvalue weighted by Gasteiger charge is -2.09. The molecule has 0 bridgehead atoms. The summed E-state index contributed by atoms with van der Waals surface area (Å²) in [5, 5.41) is 1.01. The third-order valence-corrected chi connectivity index (χ3v) is 2.76. The Kier molecular flexibility index (Phi) is 3.24. The molecule has 88 valence electrons. The van der Waals surface area contributed by atoms with E-state index < -0.39 is 5.97 Å². The molecule has 0 saturated carbocycles. The summed E-state index contributed by atoms with van der Waals surface area (Å²) in [7, 11) is 0. The van der Waals surface area contributed by atoms with Crippen LogP contribution in [0.25, 0.3) is 10.9 Å². The van der Waals surface area contributed by atoms with E-state index in [0.29, 0.717) is 17.7 Å². The third kappa shape index (κ3) is 2.08. The van der Waals surface area contributed by atoms with Gasteiger partial charge in [0, 0.05) is 11.6 Å². The zero-order chi connectivity index (χ0) is 12.4. The third-order valence-electron chi connectivity index (χ3n) is 2.48. The Hall–Kier alpha value is -1.68. The second-order valence-corrected chi connectivity index (χ2v) is 3.87. The van der Waals surface area contributed by atoms with Crippen LogP contribution in [0.4, 0.5) is 0 Å². The highest BCUT2D eigenvalue weighted by Gasteiger charge is 2.18. The fourth-order valence-corrected chi connectivity index (χ4v) is 1.99. The van der Waals surface area contributed by atoms with E-state index in [9.17, 15) is 4.79 Å². The number of aryl methyl sites for hydroxylation is 1. The monoisotopic (exact) mass is 250 g/mol. The number of hydrogen-bond donors (Lipinski definition) is 0. The van der Waals surface area contributed by atoms with Crippen LogP contribution in [0, 0.1) is 6.92 Å². The van der Waals surface area contributed by atoms with Crippen molar-refractivity contribution in [3.63, 3.8) is 0 Å². The van der Waals surface area contributed by atoms with Crippen LogP contribution in [0.15, 0.2) is 18.5 Å². The van der Waals surface area contributed by atoms with Crippen LogP contribution in [0.1, 0.15) is 22.8 Å². The van der Waals surface area contributed by atoms with Crippen LogP contribution in [0.3, 0.4) is 0 Å². The summed E-state index contributed by atoms with van der Waals surface area (Å²) in [6.45, 7) is 3.88. The summed E-state index contributed by atoms with van der Waals surface area (Å²) >= 11 is 6.00. The van der Waals surface area contributed by atoms with Gasteiger partial charge < -0.3 is 4.74 Å². The molecule has 2 aromatic heterocycles. The minimum Gasteiger partial charge on any atom is -0.462 e. The maximum atomic E-state index is 11.8. The predicted octanol–water partition coefficient (Wildman–Crippen LogP) is 2.77. The van der Waals surface area contributed by atoms with Crippen molar-refractivity contribution in [2.75, 3.05) is 6.61 Å². The first kappa shape index (κ1) is 11.8. The van der Waals surface area contributed by atoms with E-state index >= 15 is 0 Å². The Bertz CT molecular complexity index is 584. The molecule has 5 heteroatoms. The zero-order valence-electron chi connectivity index (χ0n) is 9.53. The molecule has 0 saturated heterocycles. The first-order chi connectivity index (χ1) is 8.15. The largest absolute Gasteiger partial charge is 0.462 e. The summed E-state index contributed by atoms with van der Waals surface area (Å²) in [5.41, 5.74) is 1.76. The van der Waals surface area contributed by atoms with E-state index in [-0.39, 0.29) is 5.15 Å². The van der Waals surface area contributed by atoms with E-state index in [1.54, 1.807) is 25.4 Å².